The summed E-state index contributed by atoms with van der Waals surface area (Å²) in [6, 6.07) is 21.9. The van der Waals surface area contributed by atoms with Crippen LogP contribution in [0.15, 0.2) is 84.9 Å². The second-order valence-corrected chi connectivity index (χ2v) is 8.89. The van der Waals surface area contributed by atoms with Crippen LogP contribution >= 0.6 is 11.6 Å². The van der Waals surface area contributed by atoms with Crippen LogP contribution in [-0.4, -0.2) is 53.3 Å². The molecule has 1 heterocycles. The van der Waals surface area contributed by atoms with Gasteiger partial charge in [-0.3, -0.25) is 9.59 Å². The number of esters is 2. The molecule has 0 bridgehead atoms. The highest BCUT2D eigenvalue weighted by Gasteiger charge is 2.75. The van der Waals surface area contributed by atoms with Crippen molar-refractivity contribution >= 4 is 35.2 Å². The van der Waals surface area contributed by atoms with E-state index in [1.807, 2.05) is 0 Å². The van der Waals surface area contributed by atoms with Crippen LogP contribution in [0.3, 0.4) is 0 Å². The number of nitrogens with zero attached hydrogens (tertiary/aromatic N) is 1. The highest BCUT2D eigenvalue weighted by Crippen LogP contribution is 2.52. The molecule has 0 N–H and O–H groups in total. The third-order valence-corrected chi connectivity index (χ3v) is 6.64. The van der Waals surface area contributed by atoms with Crippen molar-refractivity contribution in [3.63, 3.8) is 0 Å². The van der Waals surface area contributed by atoms with Gasteiger partial charge in [0.2, 0.25) is 5.54 Å². The van der Waals surface area contributed by atoms with Gasteiger partial charge in [-0.1, -0.05) is 60.1 Å². The zero-order valence-corrected chi connectivity index (χ0v) is 21.2. The average Bonchev–Trinajstić information content (AvgIpc) is 2.90. The predicted molar refractivity (Wildman–Crippen MR) is 137 cm³/mol. The second-order valence-electron chi connectivity index (χ2n) is 8.45. The number of amides is 1. The van der Waals surface area contributed by atoms with E-state index in [1.54, 1.807) is 98.8 Å². The molecule has 0 aliphatic carbocycles. The van der Waals surface area contributed by atoms with Gasteiger partial charge in [-0.25, -0.2) is 9.59 Å². The number of benzene rings is 3. The summed E-state index contributed by atoms with van der Waals surface area (Å²) in [5.74, 6) is -4.07. The molecule has 7 nitrogen and oxygen atoms in total. The predicted octanol–water partition coefficient (Wildman–Crippen LogP) is 4.70. The van der Waals surface area contributed by atoms with E-state index in [0.29, 0.717) is 10.6 Å². The largest absolute Gasteiger partial charge is 0.464 e. The number of Topliss-reactive ketones (excluding diaryl/α,β-unsaturated/α-hetero) is 1. The zero-order valence-electron chi connectivity index (χ0n) is 20.4. The van der Waals surface area contributed by atoms with Crippen molar-refractivity contribution in [3.05, 3.63) is 107 Å². The lowest BCUT2D eigenvalue weighted by atomic mass is 9.62. The molecule has 0 spiro atoms. The molecule has 3 aromatic carbocycles. The van der Waals surface area contributed by atoms with Gasteiger partial charge < -0.3 is 14.4 Å². The van der Waals surface area contributed by atoms with Gasteiger partial charge in [0.15, 0.2) is 5.78 Å². The standard InChI is InChI=1S/C29H26ClNO6/c1-3-36-27(34)29(28(35)37-4-2)23(19-11-7-5-8-12-19)24(25(32)20-15-17-22(30)18-16-20)31(29)26(33)21-13-9-6-10-14-21/h5-18,23-24H,3-4H2,1-2H3/t23-,24+/m1/s1. The Hall–Kier alpha value is -3.97. The molecule has 0 radical (unpaired) electrons. The fourth-order valence-electron chi connectivity index (χ4n) is 4.82. The second kappa shape index (κ2) is 11.0. The lowest BCUT2D eigenvalue weighted by molar-refractivity contribution is -0.189. The van der Waals surface area contributed by atoms with Crippen molar-refractivity contribution < 1.29 is 28.7 Å². The number of carbonyl (C=O) groups excluding carboxylic acids is 4. The fourth-order valence-corrected chi connectivity index (χ4v) is 4.95. The summed E-state index contributed by atoms with van der Waals surface area (Å²) in [4.78, 5) is 56.4. The summed E-state index contributed by atoms with van der Waals surface area (Å²) in [5, 5.41) is 0.439. The first-order chi connectivity index (χ1) is 17.9. The highest BCUT2D eigenvalue weighted by atomic mass is 35.5. The van der Waals surface area contributed by atoms with Crippen LogP contribution in [0.1, 0.15) is 46.0 Å². The number of ether oxygens (including phenoxy) is 2. The van der Waals surface area contributed by atoms with E-state index in [2.05, 4.69) is 0 Å². The molecule has 1 fully saturated rings. The van der Waals surface area contributed by atoms with Crippen LogP contribution in [-0.2, 0) is 19.1 Å². The van der Waals surface area contributed by atoms with Crippen LogP contribution in [0.2, 0.25) is 5.02 Å². The SMILES string of the molecule is CCOC(=O)C1(C(=O)OCC)[C@H](c2ccccc2)[C@@H](C(=O)c2ccc(Cl)cc2)N1C(=O)c1ccccc1. The monoisotopic (exact) mass is 519 g/mol. The zero-order chi connectivity index (χ0) is 26.6. The maximum Gasteiger partial charge on any atom is 0.344 e. The van der Waals surface area contributed by atoms with E-state index < -0.39 is 41.1 Å². The molecule has 3 aromatic rings. The summed E-state index contributed by atoms with van der Waals surface area (Å²) in [5.41, 5.74) is -1.19. The van der Waals surface area contributed by atoms with Crippen molar-refractivity contribution in [2.45, 2.75) is 31.3 Å². The van der Waals surface area contributed by atoms with Gasteiger partial charge in [-0.2, -0.15) is 0 Å². The van der Waals surface area contributed by atoms with E-state index >= 15 is 0 Å². The number of rotatable bonds is 8. The molecule has 4 rings (SSSR count). The molecular weight excluding hydrogens is 494 g/mol. The Kier molecular flexibility index (Phi) is 7.74. The Balaban J connectivity index is 1.97. The third kappa shape index (κ3) is 4.51. The normalized spacial score (nSPS) is 17.9. The summed E-state index contributed by atoms with van der Waals surface area (Å²) < 4.78 is 10.7. The Bertz CT molecular complexity index is 1270. The summed E-state index contributed by atoms with van der Waals surface area (Å²) in [6.45, 7) is 3.13. The molecule has 1 saturated heterocycles. The van der Waals surface area contributed by atoms with Crippen molar-refractivity contribution in [2.24, 2.45) is 0 Å². The van der Waals surface area contributed by atoms with Crippen LogP contribution < -0.4 is 0 Å². The minimum atomic E-state index is -2.20. The first-order valence-electron chi connectivity index (χ1n) is 12.0. The van der Waals surface area contributed by atoms with Crippen molar-refractivity contribution in [1.82, 2.24) is 4.90 Å². The van der Waals surface area contributed by atoms with Crippen molar-refractivity contribution in [1.29, 1.82) is 0 Å². The number of likely N-dealkylation sites (tertiary alicyclic amines) is 1. The molecule has 1 amide bonds. The number of halogens is 1. The molecule has 1 aliphatic rings. The van der Waals surface area contributed by atoms with Gasteiger partial charge in [0.05, 0.1) is 19.1 Å². The molecule has 2 atom stereocenters. The lowest BCUT2D eigenvalue weighted by Gasteiger charge is -2.59. The van der Waals surface area contributed by atoms with Crippen LogP contribution in [0.5, 0.6) is 0 Å². The highest BCUT2D eigenvalue weighted by molar-refractivity contribution is 6.30. The minimum Gasteiger partial charge on any atom is -0.464 e. The quantitative estimate of drug-likeness (QED) is 0.243. The van der Waals surface area contributed by atoms with Gasteiger partial charge in [-0.05, 0) is 55.8 Å². The molecule has 1 aliphatic heterocycles. The van der Waals surface area contributed by atoms with Crippen LogP contribution in [0.4, 0.5) is 0 Å². The Morgan fingerprint density at radius 1 is 0.757 bits per heavy atom. The van der Waals surface area contributed by atoms with E-state index in [-0.39, 0.29) is 24.3 Å². The number of hydrogen-bond donors (Lipinski definition) is 0. The first kappa shape index (κ1) is 26.1. The van der Waals surface area contributed by atoms with E-state index in [9.17, 15) is 19.2 Å². The summed E-state index contributed by atoms with van der Waals surface area (Å²) >= 11 is 6.03. The van der Waals surface area contributed by atoms with Crippen LogP contribution in [0.25, 0.3) is 0 Å². The average molecular weight is 520 g/mol. The molecular formula is C29H26ClNO6. The first-order valence-corrected chi connectivity index (χ1v) is 12.3. The van der Waals surface area contributed by atoms with Crippen LogP contribution in [0, 0.1) is 0 Å². The fraction of sp³-hybridized carbons (Fsp3) is 0.241. The number of ketones is 1. The molecule has 37 heavy (non-hydrogen) atoms. The van der Waals surface area contributed by atoms with Gasteiger partial charge in [0, 0.05) is 16.1 Å². The lowest BCUT2D eigenvalue weighted by Crippen LogP contribution is -2.82. The smallest absolute Gasteiger partial charge is 0.344 e. The third-order valence-electron chi connectivity index (χ3n) is 6.39. The summed E-state index contributed by atoms with van der Waals surface area (Å²) in [7, 11) is 0. The van der Waals surface area contributed by atoms with Crippen molar-refractivity contribution in [3.8, 4) is 0 Å². The molecule has 0 unspecified atom stereocenters. The Morgan fingerprint density at radius 2 is 1.27 bits per heavy atom. The van der Waals surface area contributed by atoms with Gasteiger partial charge >= 0.3 is 11.9 Å². The Labute approximate surface area is 219 Å². The topological polar surface area (TPSA) is 90.0 Å². The minimum absolute atomic E-state index is 0.0370. The Morgan fingerprint density at radius 3 is 1.78 bits per heavy atom. The molecule has 0 saturated carbocycles. The maximum absolute atomic E-state index is 14.0. The number of hydrogen-bond acceptors (Lipinski definition) is 6. The van der Waals surface area contributed by atoms with Crippen molar-refractivity contribution in [2.75, 3.05) is 13.2 Å². The van der Waals surface area contributed by atoms with Gasteiger partial charge in [0.25, 0.3) is 5.91 Å². The van der Waals surface area contributed by atoms with E-state index in [1.165, 1.54) is 0 Å². The molecule has 0 aromatic heterocycles. The molecule has 190 valence electrons. The number of carbonyl (C=O) groups is 4. The van der Waals surface area contributed by atoms with E-state index in [0.717, 1.165) is 4.90 Å². The van der Waals surface area contributed by atoms with Gasteiger partial charge in [-0.15, -0.1) is 0 Å². The molecule has 8 heteroatoms. The maximum atomic E-state index is 14.0. The summed E-state index contributed by atoms with van der Waals surface area (Å²) in [6.07, 6.45) is 0. The van der Waals surface area contributed by atoms with Gasteiger partial charge in [0.1, 0.15) is 6.04 Å². The van der Waals surface area contributed by atoms with E-state index in [4.69, 9.17) is 21.1 Å².